The maximum Gasteiger partial charge on any atom is 0.252 e. The van der Waals surface area contributed by atoms with Crippen LogP contribution in [0.2, 0.25) is 5.02 Å². The number of aryl methyl sites for hydroxylation is 2. The summed E-state index contributed by atoms with van der Waals surface area (Å²) in [5.74, 6) is -0.298. The minimum absolute atomic E-state index is 0.0369. The molecule has 0 bridgehead atoms. The standard InChI is InChI=1S/C22H15ClFN5O3/c1-10-6-16-19(26-11(10)2)21(30)20(28-29(16)15-5-4-12(23)7-13(15)24)22-27-14-8-18(31-3)25-9-17(14)32-22/h4-9H,1-3H3. The van der Waals surface area contributed by atoms with Crippen LogP contribution >= 0.6 is 11.6 Å². The Morgan fingerprint density at radius 1 is 1.16 bits per heavy atom. The van der Waals surface area contributed by atoms with Crippen molar-refractivity contribution in [1.29, 1.82) is 0 Å². The van der Waals surface area contributed by atoms with Crippen molar-refractivity contribution < 1.29 is 13.5 Å². The van der Waals surface area contributed by atoms with Gasteiger partial charge in [0, 0.05) is 16.8 Å². The second-order valence-corrected chi connectivity index (χ2v) is 7.59. The molecule has 0 spiro atoms. The Labute approximate surface area is 185 Å². The van der Waals surface area contributed by atoms with E-state index in [0.29, 0.717) is 28.2 Å². The summed E-state index contributed by atoms with van der Waals surface area (Å²) in [6, 6.07) is 7.51. The Kier molecular flexibility index (Phi) is 4.63. The minimum Gasteiger partial charge on any atom is -0.481 e. The maximum atomic E-state index is 14.8. The van der Waals surface area contributed by atoms with Gasteiger partial charge in [0.25, 0.3) is 5.89 Å². The average molecular weight is 452 g/mol. The second kappa shape index (κ2) is 7.38. The number of aromatic nitrogens is 5. The summed E-state index contributed by atoms with van der Waals surface area (Å²) in [5, 5.41) is 4.65. The third-order valence-electron chi connectivity index (χ3n) is 5.10. The highest BCUT2D eigenvalue weighted by atomic mass is 35.5. The number of hydrogen-bond donors (Lipinski definition) is 0. The summed E-state index contributed by atoms with van der Waals surface area (Å²) in [5.41, 5.74) is 2.25. The lowest BCUT2D eigenvalue weighted by atomic mass is 10.1. The smallest absolute Gasteiger partial charge is 0.252 e. The molecule has 0 amide bonds. The van der Waals surface area contributed by atoms with Crippen molar-refractivity contribution in [3.05, 3.63) is 68.8 Å². The van der Waals surface area contributed by atoms with Crippen molar-refractivity contribution >= 4 is 33.7 Å². The number of oxazole rings is 1. The summed E-state index contributed by atoms with van der Waals surface area (Å²) in [4.78, 5) is 26.2. The predicted molar refractivity (Wildman–Crippen MR) is 117 cm³/mol. The highest BCUT2D eigenvalue weighted by Crippen LogP contribution is 2.26. The molecule has 5 aromatic rings. The lowest BCUT2D eigenvalue weighted by Crippen LogP contribution is -2.18. The second-order valence-electron chi connectivity index (χ2n) is 7.16. The molecule has 0 aliphatic heterocycles. The van der Waals surface area contributed by atoms with E-state index in [0.717, 1.165) is 5.56 Å². The van der Waals surface area contributed by atoms with Crippen LogP contribution in [0.1, 0.15) is 11.3 Å². The van der Waals surface area contributed by atoms with Crippen LogP contribution in [0, 0.1) is 19.7 Å². The third-order valence-corrected chi connectivity index (χ3v) is 5.34. The molecular formula is C22H15ClFN5O3. The molecule has 0 saturated carbocycles. The summed E-state index contributed by atoms with van der Waals surface area (Å²) in [7, 11) is 1.48. The van der Waals surface area contributed by atoms with E-state index in [9.17, 15) is 9.18 Å². The third kappa shape index (κ3) is 3.18. The zero-order valence-electron chi connectivity index (χ0n) is 17.2. The Morgan fingerprint density at radius 2 is 1.97 bits per heavy atom. The minimum atomic E-state index is -0.606. The largest absolute Gasteiger partial charge is 0.481 e. The molecule has 0 saturated heterocycles. The monoisotopic (exact) mass is 451 g/mol. The number of halogens is 2. The zero-order chi connectivity index (χ0) is 22.6. The van der Waals surface area contributed by atoms with E-state index in [2.05, 4.69) is 20.1 Å². The van der Waals surface area contributed by atoms with Crippen molar-refractivity contribution in [2.75, 3.05) is 7.11 Å². The molecule has 5 rings (SSSR count). The van der Waals surface area contributed by atoms with Gasteiger partial charge in [-0.05, 0) is 43.7 Å². The van der Waals surface area contributed by atoms with E-state index in [1.807, 2.05) is 6.92 Å². The summed E-state index contributed by atoms with van der Waals surface area (Å²) in [6.07, 6.45) is 1.44. The molecule has 0 N–H and O–H groups in total. The topological polar surface area (TPSA) is 95.9 Å². The number of hydrogen-bond acceptors (Lipinski definition) is 7. The van der Waals surface area contributed by atoms with Crippen molar-refractivity contribution in [2.45, 2.75) is 13.8 Å². The number of pyridine rings is 2. The Morgan fingerprint density at radius 3 is 2.72 bits per heavy atom. The predicted octanol–water partition coefficient (Wildman–Crippen LogP) is 4.40. The molecule has 4 heterocycles. The van der Waals surface area contributed by atoms with Gasteiger partial charge < -0.3 is 9.15 Å². The fraction of sp³-hybridized carbons (Fsp3) is 0.136. The Bertz CT molecular complexity index is 1590. The molecule has 0 radical (unpaired) electrons. The van der Waals surface area contributed by atoms with Crippen LogP contribution in [-0.2, 0) is 0 Å². The summed E-state index contributed by atoms with van der Waals surface area (Å²) < 4.78 is 27.0. The molecule has 4 aromatic heterocycles. The van der Waals surface area contributed by atoms with Gasteiger partial charge in [-0.3, -0.25) is 4.79 Å². The quantitative estimate of drug-likeness (QED) is 0.401. The Balaban J connectivity index is 1.85. The van der Waals surface area contributed by atoms with E-state index in [4.69, 9.17) is 20.8 Å². The van der Waals surface area contributed by atoms with E-state index in [1.165, 1.54) is 36.2 Å². The molecule has 0 atom stereocenters. The number of nitrogens with zero attached hydrogens (tertiary/aromatic N) is 5. The highest BCUT2D eigenvalue weighted by molar-refractivity contribution is 6.30. The zero-order valence-corrected chi connectivity index (χ0v) is 17.9. The lowest BCUT2D eigenvalue weighted by Gasteiger charge is -2.13. The van der Waals surface area contributed by atoms with Crippen molar-refractivity contribution in [2.24, 2.45) is 0 Å². The number of rotatable bonds is 3. The molecule has 0 fully saturated rings. The maximum absolute atomic E-state index is 14.8. The van der Waals surface area contributed by atoms with Gasteiger partial charge >= 0.3 is 0 Å². The molecule has 0 unspecified atom stereocenters. The molecule has 0 aliphatic rings. The number of methoxy groups -OCH3 is 1. The molecule has 160 valence electrons. The van der Waals surface area contributed by atoms with Crippen molar-refractivity contribution in [3.63, 3.8) is 0 Å². The summed E-state index contributed by atoms with van der Waals surface area (Å²) >= 11 is 5.92. The van der Waals surface area contributed by atoms with Crippen LogP contribution in [0.4, 0.5) is 4.39 Å². The first kappa shape index (κ1) is 20.1. The van der Waals surface area contributed by atoms with Crippen LogP contribution in [0.5, 0.6) is 5.88 Å². The first-order chi connectivity index (χ1) is 15.4. The highest BCUT2D eigenvalue weighted by Gasteiger charge is 2.22. The van der Waals surface area contributed by atoms with Gasteiger partial charge in [-0.1, -0.05) is 11.6 Å². The van der Waals surface area contributed by atoms with E-state index in [1.54, 1.807) is 19.1 Å². The molecular weight excluding hydrogens is 437 g/mol. The molecule has 1 aromatic carbocycles. The van der Waals surface area contributed by atoms with Crippen LogP contribution in [0.25, 0.3) is 39.4 Å². The van der Waals surface area contributed by atoms with Gasteiger partial charge in [0.05, 0.1) is 18.8 Å². The van der Waals surface area contributed by atoms with Crippen molar-refractivity contribution in [1.82, 2.24) is 24.7 Å². The first-order valence-electron chi connectivity index (χ1n) is 9.53. The lowest BCUT2D eigenvalue weighted by molar-refractivity contribution is 0.398. The van der Waals surface area contributed by atoms with Gasteiger partial charge in [-0.2, -0.15) is 5.10 Å². The van der Waals surface area contributed by atoms with Crippen molar-refractivity contribution in [3.8, 4) is 23.2 Å². The number of ether oxygens (including phenoxy) is 1. The van der Waals surface area contributed by atoms with Crippen LogP contribution in [-0.4, -0.2) is 31.8 Å². The molecule has 0 aliphatic carbocycles. The van der Waals surface area contributed by atoms with Crippen LogP contribution in [0.3, 0.4) is 0 Å². The number of benzene rings is 1. The number of fused-ring (bicyclic) bond motifs is 2. The van der Waals surface area contributed by atoms with E-state index in [-0.39, 0.29) is 27.8 Å². The Hall–Kier alpha value is -3.85. The average Bonchev–Trinajstić information content (AvgIpc) is 3.19. The molecule has 10 heteroatoms. The summed E-state index contributed by atoms with van der Waals surface area (Å²) in [6.45, 7) is 3.64. The normalized spacial score (nSPS) is 11.4. The van der Waals surface area contributed by atoms with Gasteiger partial charge in [-0.15, -0.1) is 0 Å². The fourth-order valence-electron chi connectivity index (χ4n) is 3.34. The van der Waals surface area contributed by atoms with Crippen LogP contribution in [0.15, 0.2) is 45.7 Å². The SMILES string of the molecule is COc1cc2nc(-c3nn(-c4ccc(Cl)cc4F)c4cc(C)c(C)nc4c3=O)oc2cn1. The fourth-order valence-corrected chi connectivity index (χ4v) is 3.50. The van der Waals surface area contributed by atoms with Gasteiger partial charge in [0.1, 0.15) is 22.5 Å². The van der Waals surface area contributed by atoms with E-state index >= 15 is 0 Å². The van der Waals surface area contributed by atoms with Gasteiger partial charge in [-0.25, -0.2) is 24.0 Å². The van der Waals surface area contributed by atoms with Gasteiger partial charge in [0.2, 0.25) is 11.3 Å². The van der Waals surface area contributed by atoms with E-state index < -0.39 is 11.2 Å². The van der Waals surface area contributed by atoms with Gasteiger partial charge in [0.15, 0.2) is 11.3 Å². The molecule has 8 nitrogen and oxygen atoms in total. The first-order valence-corrected chi connectivity index (χ1v) is 9.91. The van der Waals surface area contributed by atoms with Crippen LogP contribution < -0.4 is 10.2 Å². The molecule has 32 heavy (non-hydrogen) atoms.